The Labute approximate surface area is 198 Å². The molecule has 33 heavy (non-hydrogen) atoms. The molecule has 0 unspecified atom stereocenters. The molecular formula is C26H21FN4S2. The molecule has 164 valence electrons. The highest BCUT2D eigenvalue weighted by Gasteiger charge is 2.16. The minimum atomic E-state index is -0.206. The van der Waals surface area contributed by atoms with Crippen molar-refractivity contribution in [2.24, 2.45) is 0 Å². The first-order valence-corrected chi connectivity index (χ1v) is 12.5. The van der Waals surface area contributed by atoms with Crippen LogP contribution in [0.5, 0.6) is 0 Å². The van der Waals surface area contributed by atoms with Crippen LogP contribution in [0.15, 0.2) is 54.2 Å². The van der Waals surface area contributed by atoms with Gasteiger partial charge in [0.05, 0.1) is 15.7 Å². The van der Waals surface area contributed by atoms with Crippen LogP contribution in [0.4, 0.5) is 10.2 Å². The summed E-state index contributed by atoms with van der Waals surface area (Å²) in [7, 11) is 0. The van der Waals surface area contributed by atoms with E-state index in [1.54, 1.807) is 29.0 Å². The molecule has 6 rings (SSSR count). The van der Waals surface area contributed by atoms with Gasteiger partial charge in [0, 0.05) is 43.5 Å². The summed E-state index contributed by atoms with van der Waals surface area (Å²) in [5.41, 5.74) is 6.03. The van der Waals surface area contributed by atoms with Crippen LogP contribution in [-0.4, -0.2) is 21.5 Å². The Morgan fingerprint density at radius 3 is 2.88 bits per heavy atom. The van der Waals surface area contributed by atoms with Gasteiger partial charge < -0.3 is 10.3 Å². The van der Waals surface area contributed by atoms with Gasteiger partial charge in [-0.15, -0.1) is 22.7 Å². The Kier molecular flexibility index (Phi) is 4.89. The third-order valence-electron chi connectivity index (χ3n) is 6.15. The molecule has 2 aromatic carbocycles. The van der Waals surface area contributed by atoms with E-state index in [9.17, 15) is 4.39 Å². The van der Waals surface area contributed by atoms with Gasteiger partial charge in [-0.25, -0.2) is 14.4 Å². The molecule has 0 atom stereocenters. The number of aromatic nitrogens is 3. The van der Waals surface area contributed by atoms with Crippen LogP contribution >= 0.6 is 22.7 Å². The smallest absolute Gasteiger partial charge is 0.147 e. The number of aromatic amines is 1. The maximum Gasteiger partial charge on any atom is 0.147 e. The Morgan fingerprint density at radius 2 is 1.97 bits per heavy atom. The van der Waals surface area contributed by atoms with E-state index in [1.807, 2.05) is 19.9 Å². The number of fused-ring (bicyclic) bond motifs is 3. The van der Waals surface area contributed by atoms with E-state index in [2.05, 4.69) is 56.0 Å². The quantitative estimate of drug-likeness (QED) is 0.274. The summed E-state index contributed by atoms with van der Waals surface area (Å²) in [6.45, 7) is 4.74. The Hall–Kier alpha value is -3.29. The van der Waals surface area contributed by atoms with Crippen molar-refractivity contribution in [1.29, 1.82) is 0 Å². The Bertz CT molecular complexity index is 1640. The van der Waals surface area contributed by atoms with Crippen molar-refractivity contribution in [3.05, 3.63) is 76.8 Å². The zero-order valence-corrected chi connectivity index (χ0v) is 19.8. The fourth-order valence-electron chi connectivity index (χ4n) is 4.54. The van der Waals surface area contributed by atoms with E-state index in [-0.39, 0.29) is 5.82 Å². The average molecular weight is 473 g/mol. The summed E-state index contributed by atoms with van der Waals surface area (Å²) in [6, 6.07) is 14.0. The van der Waals surface area contributed by atoms with Crippen molar-refractivity contribution in [3.8, 4) is 10.4 Å². The molecule has 4 nitrogen and oxygen atoms in total. The third kappa shape index (κ3) is 3.39. The maximum atomic E-state index is 14.3. The van der Waals surface area contributed by atoms with Gasteiger partial charge in [-0.2, -0.15) is 0 Å². The predicted octanol–water partition coefficient (Wildman–Crippen LogP) is 7.46. The second kappa shape index (κ2) is 7.93. The summed E-state index contributed by atoms with van der Waals surface area (Å²) in [6.07, 6.45) is 2.39. The summed E-state index contributed by atoms with van der Waals surface area (Å²) < 4.78 is 16.6. The summed E-state index contributed by atoms with van der Waals surface area (Å²) in [5, 5.41) is 7.98. The highest BCUT2D eigenvalue weighted by molar-refractivity contribution is 7.23. The lowest BCUT2D eigenvalue weighted by atomic mass is 10.0. The molecule has 2 N–H and O–H groups in total. The monoisotopic (exact) mass is 472 g/mol. The van der Waals surface area contributed by atoms with Gasteiger partial charge in [-0.1, -0.05) is 24.3 Å². The number of aryl methyl sites for hydroxylation is 2. The lowest BCUT2D eigenvalue weighted by Crippen LogP contribution is -2.07. The molecule has 0 aliphatic rings. The van der Waals surface area contributed by atoms with Crippen LogP contribution in [0.2, 0.25) is 0 Å². The molecule has 0 aliphatic heterocycles. The van der Waals surface area contributed by atoms with Crippen molar-refractivity contribution in [2.45, 2.75) is 20.3 Å². The van der Waals surface area contributed by atoms with Gasteiger partial charge in [0.25, 0.3) is 0 Å². The zero-order chi connectivity index (χ0) is 22.5. The number of hydrogen-bond donors (Lipinski definition) is 2. The molecule has 4 aromatic heterocycles. The first-order chi connectivity index (χ1) is 16.1. The number of benzene rings is 2. The summed E-state index contributed by atoms with van der Waals surface area (Å²) in [4.78, 5) is 13.4. The normalized spacial score (nSPS) is 11.7. The topological polar surface area (TPSA) is 53.6 Å². The van der Waals surface area contributed by atoms with Gasteiger partial charge in [-0.3, -0.25) is 0 Å². The van der Waals surface area contributed by atoms with E-state index >= 15 is 0 Å². The molecule has 6 aromatic rings. The number of rotatable bonds is 5. The van der Waals surface area contributed by atoms with Crippen LogP contribution in [0.25, 0.3) is 41.6 Å². The summed E-state index contributed by atoms with van der Waals surface area (Å²) in [5.74, 6) is 0.638. The van der Waals surface area contributed by atoms with Crippen LogP contribution in [0, 0.1) is 19.7 Å². The van der Waals surface area contributed by atoms with Gasteiger partial charge in [-0.05, 0) is 49.6 Å². The number of hydrogen-bond acceptors (Lipinski definition) is 5. The minimum Gasteiger partial charge on any atom is -0.368 e. The van der Waals surface area contributed by atoms with E-state index in [0.717, 1.165) is 44.7 Å². The van der Waals surface area contributed by atoms with E-state index in [4.69, 9.17) is 0 Å². The number of anilines is 1. The molecule has 7 heteroatoms. The third-order valence-corrected chi connectivity index (χ3v) is 8.28. The first-order valence-electron chi connectivity index (χ1n) is 10.8. The largest absolute Gasteiger partial charge is 0.368 e. The molecule has 0 saturated heterocycles. The van der Waals surface area contributed by atoms with Gasteiger partial charge in [0.2, 0.25) is 0 Å². The number of nitrogens with one attached hydrogen (secondary N) is 2. The second-order valence-electron chi connectivity index (χ2n) is 8.21. The molecule has 4 heterocycles. The number of thiophene rings is 2. The molecule has 0 aliphatic carbocycles. The van der Waals surface area contributed by atoms with Crippen LogP contribution in [0.1, 0.15) is 16.8 Å². The Morgan fingerprint density at radius 1 is 1.09 bits per heavy atom. The average Bonchev–Trinajstić information content (AvgIpc) is 3.52. The van der Waals surface area contributed by atoms with Gasteiger partial charge in [0.15, 0.2) is 0 Å². The molecule has 0 spiro atoms. The fourth-order valence-corrected chi connectivity index (χ4v) is 6.69. The SMILES string of the molecule is Cc1[nH]c2c(F)ccc(C)c2c1CCNc1ncnc2cc(-c3csc4ccccc34)sc12. The van der Waals surface area contributed by atoms with Crippen molar-refractivity contribution in [1.82, 2.24) is 15.0 Å². The first kappa shape index (κ1) is 20.3. The van der Waals surface area contributed by atoms with Gasteiger partial charge in [0.1, 0.15) is 18.0 Å². The van der Waals surface area contributed by atoms with Crippen molar-refractivity contribution >= 4 is 59.7 Å². The van der Waals surface area contributed by atoms with E-state index in [1.165, 1.54) is 26.6 Å². The molecule has 0 amide bonds. The molecule has 0 bridgehead atoms. The van der Waals surface area contributed by atoms with Crippen LogP contribution in [-0.2, 0) is 6.42 Å². The van der Waals surface area contributed by atoms with E-state index in [0.29, 0.717) is 12.1 Å². The molecule has 0 radical (unpaired) electrons. The molecule has 0 fully saturated rings. The lowest BCUT2D eigenvalue weighted by molar-refractivity contribution is 0.637. The number of nitrogens with zero attached hydrogens (tertiary/aromatic N) is 2. The van der Waals surface area contributed by atoms with Crippen molar-refractivity contribution in [3.63, 3.8) is 0 Å². The maximum absolute atomic E-state index is 14.3. The second-order valence-corrected chi connectivity index (χ2v) is 10.2. The molecule has 0 saturated carbocycles. The van der Waals surface area contributed by atoms with Gasteiger partial charge >= 0.3 is 0 Å². The zero-order valence-electron chi connectivity index (χ0n) is 18.2. The van der Waals surface area contributed by atoms with E-state index < -0.39 is 0 Å². The minimum absolute atomic E-state index is 0.206. The van der Waals surface area contributed by atoms with Crippen molar-refractivity contribution < 1.29 is 4.39 Å². The number of H-pyrrole nitrogens is 1. The molecular weight excluding hydrogens is 451 g/mol. The van der Waals surface area contributed by atoms with Crippen LogP contribution in [0.3, 0.4) is 0 Å². The highest BCUT2D eigenvalue weighted by atomic mass is 32.1. The fraction of sp³-hybridized carbons (Fsp3) is 0.154. The standard InChI is InChI=1S/C26H21FN4S2/c1-14-7-8-19(27)24-23(14)16(15(2)31-24)9-10-28-26-25-20(29-13-30-26)11-22(33-25)18-12-32-21-6-4-3-5-17(18)21/h3-8,11-13,31H,9-10H2,1-2H3,(H,28,29,30). The van der Waals surface area contributed by atoms with Crippen LogP contribution < -0.4 is 5.32 Å². The Balaban J connectivity index is 1.30. The summed E-state index contributed by atoms with van der Waals surface area (Å²) >= 11 is 3.48. The number of halogens is 1. The lowest BCUT2D eigenvalue weighted by Gasteiger charge is -2.07. The highest BCUT2D eigenvalue weighted by Crippen LogP contribution is 2.41. The van der Waals surface area contributed by atoms with Crippen molar-refractivity contribution in [2.75, 3.05) is 11.9 Å². The predicted molar refractivity (Wildman–Crippen MR) is 138 cm³/mol.